The molecule has 150 valence electrons. The molecule has 0 atom stereocenters. The molecule has 0 radical (unpaired) electrons. The first kappa shape index (κ1) is 18.3. The van der Waals surface area contributed by atoms with Crippen LogP contribution in [0.2, 0.25) is 5.02 Å². The van der Waals surface area contributed by atoms with Crippen LogP contribution in [0.5, 0.6) is 0 Å². The molecule has 0 aliphatic carbocycles. The fourth-order valence-electron chi connectivity index (χ4n) is 4.67. The molecule has 7 heteroatoms. The van der Waals surface area contributed by atoms with Crippen molar-refractivity contribution in [2.45, 2.75) is 38.8 Å². The van der Waals surface area contributed by atoms with Crippen LogP contribution < -0.4 is 5.32 Å². The van der Waals surface area contributed by atoms with Crippen molar-refractivity contribution in [1.29, 1.82) is 0 Å². The highest BCUT2D eigenvalue weighted by Crippen LogP contribution is 2.43. The number of nitrogens with one attached hydrogen (secondary N) is 1. The van der Waals surface area contributed by atoms with Crippen molar-refractivity contribution in [2.75, 3.05) is 18.4 Å². The molecule has 2 aliphatic heterocycles. The fourth-order valence-corrected chi connectivity index (χ4v) is 4.80. The van der Waals surface area contributed by atoms with E-state index in [1.807, 2.05) is 18.7 Å². The third-order valence-corrected chi connectivity index (χ3v) is 6.87. The van der Waals surface area contributed by atoms with Crippen LogP contribution in [-0.2, 0) is 16.9 Å². The van der Waals surface area contributed by atoms with Gasteiger partial charge in [-0.2, -0.15) is 5.10 Å². The zero-order chi connectivity index (χ0) is 20.2. The number of carbonyl (C=O) groups excluding carboxylic acids is 1. The number of aryl methyl sites for hydroxylation is 1. The second-order valence-electron chi connectivity index (χ2n) is 8.01. The molecule has 2 aliphatic rings. The maximum absolute atomic E-state index is 12.9. The summed E-state index contributed by atoms with van der Waals surface area (Å²) in [5, 5.41) is 8.83. The van der Waals surface area contributed by atoms with Crippen molar-refractivity contribution >= 4 is 23.2 Å². The molecule has 0 unspecified atom stereocenters. The first-order valence-electron chi connectivity index (χ1n) is 10.0. The van der Waals surface area contributed by atoms with Gasteiger partial charge in [-0.05, 0) is 51.0 Å². The van der Waals surface area contributed by atoms with Crippen molar-refractivity contribution in [3.8, 4) is 5.69 Å². The average molecular weight is 410 g/mol. The predicted octanol–water partition coefficient (Wildman–Crippen LogP) is 3.89. The van der Waals surface area contributed by atoms with E-state index in [9.17, 15) is 4.79 Å². The maximum Gasteiger partial charge on any atom is 0.244 e. The van der Waals surface area contributed by atoms with Crippen LogP contribution in [0.15, 0.2) is 42.6 Å². The number of likely N-dealkylation sites (tertiary alicyclic amines) is 1. The topological polar surface area (TPSA) is 55.1 Å². The van der Waals surface area contributed by atoms with Gasteiger partial charge in [0.25, 0.3) is 0 Å². The number of hydrogen-bond acceptors (Lipinski definition) is 3. The molecule has 29 heavy (non-hydrogen) atoms. The largest absolute Gasteiger partial charge is 0.372 e. The van der Waals surface area contributed by atoms with Gasteiger partial charge in [0.2, 0.25) is 5.91 Å². The summed E-state index contributed by atoms with van der Waals surface area (Å²) in [5.41, 5.74) is 5.06. The lowest BCUT2D eigenvalue weighted by Gasteiger charge is -2.46. The van der Waals surface area contributed by atoms with E-state index in [2.05, 4.69) is 57.6 Å². The van der Waals surface area contributed by atoms with Crippen molar-refractivity contribution < 1.29 is 4.79 Å². The number of halogens is 1. The summed E-state index contributed by atoms with van der Waals surface area (Å²) in [6, 6.07) is 12.7. The van der Waals surface area contributed by atoms with Crippen LogP contribution >= 0.6 is 11.6 Å². The molecule has 5 rings (SSSR count). The second-order valence-corrected chi connectivity index (χ2v) is 8.39. The van der Waals surface area contributed by atoms with E-state index < -0.39 is 0 Å². The molecule has 1 saturated heterocycles. The van der Waals surface area contributed by atoms with E-state index in [1.54, 1.807) is 4.68 Å². The van der Waals surface area contributed by atoms with Crippen molar-refractivity contribution in [3.05, 3.63) is 64.7 Å². The SMILES string of the molecule is Cc1nn(CC(=O)N2CCC3(CC2)Nc2ccccc2-n2cccc23)c(C)c1Cl. The first-order chi connectivity index (χ1) is 14.0. The zero-order valence-electron chi connectivity index (χ0n) is 16.7. The molecule has 0 saturated carbocycles. The third-order valence-electron chi connectivity index (χ3n) is 6.32. The molecule has 4 heterocycles. The lowest BCUT2D eigenvalue weighted by atomic mass is 9.82. The Balaban J connectivity index is 1.34. The number of carbonyl (C=O) groups is 1. The Morgan fingerprint density at radius 1 is 1.17 bits per heavy atom. The van der Waals surface area contributed by atoms with E-state index in [1.165, 1.54) is 11.4 Å². The Hall–Kier alpha value is -2.73. The van der Waals surface area contributed by atoms with E-state index >= 15 is 0 Å². The van der Waals surface area contributed by atoms with Gasteiger partial charge >= 0.3 is 0 Å². The number of piperidine rings is 1. The van der Waals surface area contributed by atoms with Crippen molar-refractivity contribution in [2.24, 2.45) is 0 Å². The Labute approximate surface area is 175 Å². The van der Waals surface area contributed by atoms with Gasteiger partial charge in [0.1, 0.15) is 6.54 Å². The standard InChI is InChI=1S/C22H24ClN5O/c1-15-21(23)16(2)28(25-15)14-20(29)26-12-9-22(10-13-26)19-8-5-11-27(19)18-7-4-3-6-17(18)24-22/h3-8,11,24H,9-10,12-14H2,1-2H3. The van der Waals surface area contributed by atoms with Gasteiger partial charge in [-0.15, -0.1) is 0 Å². The molecule has 1 N–H and O–H groups in total. The number of fused-ring (bicyclic) bond motifs is 4. The number of amides is 1. The van der Waals surface area contributed by atoms with Crippen LogP contribution in [0, 0.1) is 13.8 Å². The summed E-state index contributed by atoms with van der Waals surface area (Å²) in [7, 11) is 0. The molecule has 0 bridgehead atoms. The Morgan fingerprint density at radius 3 is 2.66 bits per heavy atom. The molecular formula is C22H24ClN5O. The number of aromatic nitrogens is 3. The number of rotatable bonds is 2. The first-order valence-corrected chi connectivity index (χ1v) is 10.4. The van der Waals surface area contributed by atoms with E-state index in [4.69, 9.17) is 11.6 Å². The number of hydrogen-bond donors (Lipinski definition) is 1. The Bertz CT molecular complexity index is 1090. The molecule has 1 fully saturated rings. The van der Waals surface area contributed by atoms with Crippen molar-refractivity contribution in [1.82, 2.24) is 19.2 Å². The minimum atomic E-state index is -0.143. The summed E-state index contributed by atoms with van der Waals surface area (Å²) in [4.78, 5) is 14.9. The molecule has 1 amide bonds. The quantitative estimate of drug-likeness (QED) is 0.698. The Morgan fingerprint density at radius 2 is 1.93 bits per heavy atom. The number of benzene rings is 1. The molecular weight excluding hydrogens is 386 g/mol. The lowest BCUT2D eigenvalue weighted by molar-refractivity contribution is -0.133. The van der Waals surface area contributed by atoms with Crippen LogP contribution in [0.1, 0.15) is 29.9 Å². The third kappa shape index (κ3) is 2.85. The molecule has 1 aromatic carbocycles. The summed E-state index contributed by atoms with van der Waals surface area (Å²) in [6.45, 7) is 5.43. The number of para-hydroxylation sites is 2. The minimum Gasteiger partial charge on any atom is -0.372 e. The predicted molar refractivity (Wildman–Crippen MR) is 114 cm³/mol. The van der Waals surface area contributed by atoms with Gasteiger partial charge in [-0.1, -0.05) is 23.7 Å². The van der Waals surface area contributed by atoms with Gasteiger partial charge in [0, 0.05) is 25.0 Å². The number of anilines is 1. The molecule has 1 spiro atoms. The fraction of sp³-hybridized carbons (Fsp3) is 0.364. The van der Waals surface area contributed by atoms with Crippen LogP contribution in [0.4, 0.5) is 5.69 Å². The second kappa shape index (κ2) is 6.66. The molecule has 6 nitrogen and oxygen atoms in total. The van der Waals surface area contributed by atoms with Crippen LogP contribution in [0.3, 0.4) is 0 Å². The minimum absolute atomic E-state index is 0.0914. The maximum atomic E-state index is 12.9. The smallest absolute Gasteiger partial charge is 0.244 e. The molecule has 2 aromatic heterocycles. The highest BCUT2D eigenvalue weighted by Gasteiger charge is 2.42. The van der Waals surface area contributed by atoms with Gasteiger partial charge in [0.05, 0.1) is 33.3 Å². The van der Waals surface area contributed by atoms with Gasteiger partial charge in [-0.3, -0.25) is 9.48 Å². The van der Waals surface area contributed by atoms with Crippen molar-refractivity contribution in [3.63, 3.8) is 0 Å². The van der Waals surface area contributed by atoms with Crippen LogP contribution in [-0.4, -0.2) is 38.2 Å². The normalized spacial score (nSPS) is 17.0. The number of nitrogens with zero attached hydrogens (tertiary/aromatic N) is 4. The average Bonchev–Trinajstić information content (AvgIpc) is 3.31. The summed E-state index contributed by atoms with van der Waals surface area (Å²) in [5.74, 6) is 0.0914. The van der Waals surface area contributed by atoms with Crippen LogP contribution in [0.25, 0.3) is 5.69 Å². The molecule has 3 aromatic rings. The van der Waals surface area contributed by atoms with E-state index in [0.29, 0.717) is 18.1 Å². The Kier molecular flexibility index (Phi) is 4.21. The highest BCUT2D eigenvalue weighted by molar-refractivity contribution is 6.31. The summed E-state index contributed by atoms with van der Waals surface area (Å²) >= 11 is 6.22. The van der Waals surface area contributed by atoms with Gasteiger partial charge in [-0.25, -0.2) is 0 Å². The van der Waals surface area contributed by atoms with Gasteiger partial charge in [0.15, 0.2) is 0 Å². The van der Waals surface area contributed by atoms with E-state index in [0.717, 1.165) is 29.9 Å². The summed E-state index contributed by atoms with van der Waals surface area (Å²) < 4.78 is 3.99. The lowest BCUT2D eigenvalue weighted by Crippen LogP contribution is -2.51. The summed E-state index contributed by atoms with van der Waals surface area (Å²) in [6.07, 6.45) is 3.87. The monoisotopic (exact) mass is 409 g/mol. The highest BCUT2D eigenvalue weighted by atomic mass is 35.5. The van der Waals surface area contributed by atoms with Gasteiger partial charge < -0.3 is 14.8 Å². The van der Waals surface area contributed by atoms with E-state index in [-0.39, 0.29) is 18.0 Å². The zero-order valence-corrected chi connectivity index (χ0v) is 17.4.